The van der Waals surface area contributed by atoms with Gasteiger partial charge in [0.05, 0.1) is 22.4 Å². The van der Waals surface area contributed by atoms with Crippen LogP contribution in [0.5, 0.6) is 0 Å². The van der Waals surface area contributed by atoms with Crippen molar-refractivity contribution in [2.75, 3.05) is 0 Å². The molecule has 11 rings (SSSR count). The molecule has 0 amide bonds. The number of rotatable bonds is 5. The molecule has 0 bridgehead atoms. The van der Waals surface area contributed by atoms with Crippen LogP contribution in [0.15, 0.2) is 200 Å². The molecule has 0 saturated heterocycles. The van der Waals surface area contributed by atoms with Crippen LogP contribution in [-0.2, 0) is 0 Å². The van der Waals surface area contributed by atoms with Crippen molar-refractivity contribution in [1.82, 2.24) is 14.5 Å². The molecule has 55 heavy (non-hydrogen) atoms. The average molecular weight is 700 g/mol. The third-order valence-corrected chi connectivity index (χ3v) is 11.0. The Morgan fingerprint density at radius 1 is 0.309 bits per heavy atom. The van der Waals surface area contributed by atoms with Crippen LogP contribution in [0, 0.1) is 0 Å². The summed E-state index contributed by atoms with van der Waals surface area (Å²) in [4.78, 5) is 10.4. The van der Waals surface area contributed by atoms with E-state index in [-0.39, 0.29) is 0 Å². The van der Waals surface area contributed by atoms with Gasteiger partial charge in [-0.15, -0.1) is 0 Å². The van der Waals surface area contributed by atoms with Gasteiger partial charge in [-0.25, -0.2) is 9.97 Å². The van der Waals surface area contributed by atoms with Gasteiger partial charge in [0.2, 0.25) is 0 Å². The van der Waals surface area contributed by atoms with Gasteiger partial charge in [0, 0.05) is 33.2 Å². The van der Waals surface area contributed by atoms with Crippen LogP contribution in [-0.4, -0.2) is 14.5 Å². The van der Waals surface area contributed by atoms with Gasteiger partial charge in [-0.1, -0.05) is 164 Å². The molecule has 0 atom stereocenters. The van der Waals surface area contributed by atoms with Crippen LogP contribution in [0.25, 0.3) is 105 Å². The van der Waals surface area contributed by atoms with E-state index in [0.29, 0.717) is 5.82 Å². The van der Waals surface area contributed by atoms with Crippen LogP contribution in [0.4, 0.5) is 0 Å². The Morgan fingerprint density at radius 3 is 1.62 bits per heavy atom. The second kappa shape index (κ2) is 12.6. The summed E-state index contributed by atoms with van der Waals surface area (Å²) in [5, 5.41) is 9.79. The fraction of sp³-hybridized carbons (Fsp3) is 0. The third-order valence-electron chi connectivity index (χ3n) is 11.0. The van der Waals surface area contributed by atoms with E-state index >= 15 is 0 Å². The van der Waals surface area contributed by atoms with Crippen LogP contribution in [0.2, 0.25) is 0 Å². The molecule has 0 aliphatic heterocycles. The fourth-order valence-corrected chi connectivity index (χ4v) is 8.46. The molecule has 0 aliphatic carbocycles. The molecule has 11 aromatic rings. The van der Waals surface area contributed by atoms with E-state index in [9.17, 15) is 0 Å². The van der Waals surface area contributed by atoms with Crippen LogP contribution in [0.3, 0.4) is 0 Å². The Kier molecular flexibility index (Phi) is 7.17. The van der Waals surface area contributed by atoms with Crippen molar-refractivity contribution in [3.63, 3.8) is 0 Å². The smallest absolute Gasteiger partial charge is 0.160 e. The van der Waals surface area contributed by atoms with E-state index in [4.69, 9.17) is 9.97 Å². The first kappa shape index (κ1) is 31.2. The largest absolute Gasteiger partial charge is 0.309 e. The highest BCUT2D eigenvalue weighted by atomic mass is 15.0. The van der Waals surface area contributed by atoms with Crippen molar-refractivity contribution >= 4 is 54.1 Å². The predicted molar refractivity (Wildman–Crippen MR) is 231 cm³/mol. The number of fused-ring (bicyclic) bond motifs is 9. The van der Waals surface area contributed by atoms with Crippen molar-refractivity contribution in [3.05, 3.63) is 200 Å². The number of aromatic nitrogens is 3. The Morgan fingerprint density at radius 2 is 0.855 bits per heavy atom. The van der Waals surface area contributed by atoms with Gasteiger partial charge in [-0.2, -0.15) is 0 Å². The number of benzene rings is 9. The molecule has 0 radical (unpaired) electrons. The van der Waals surface area contributed by atoms with Gasteiger partial charge >= 0.3 is 0 Å². The van der Waals surface area contributed by atoms with Crippen LogP contribution < -0.4 is 0 Å². The Hall–Kier alpha value is -7.36. The molecule has 0 spiro atoms. The summed E-state index contributed by atoms with van der Waals surface area (Å²) in [5.41, 5.74) is 10.8. The molecule has 9 aromatic carbocycles. The normalized spacial score (nSPS) is 11.6. The van der Waals surface area contributed by atoms with Gasteiger partial charge in [-0.05, 0) is 79.8 Å². The molecule has 0 unspecified atom stereocenters. The first-order valence-electron chi connectivity index (χ1n) is 18.7. The minimum absolute atomic E-state index is 0.710. The Labute approximate surface area is 318 Å². The van der Waals surface area contributed by atoms with Gasteiger partial charge < -0.3 is 4.57 Å². The summed E-state index contributed by atoms with van der Waals surface area (Å²) < 4.78 is 2.39. The number of para-hydroxylation sites is 2. The third kappa shape index (κ3) is 5.13. The molecule has 0 N–H and O–H groups in total. The van der Waals surface area contributed by atoms with Gasteiger partial charge in [0.15, 0.2) is 5.82 Å². The Balaban J connectivity index is 1.19. The minimum Gasteiger partial charge on any atom is -0.309 e. The van der Waals surface area contributed by atoms with Crippen molar-refractivity contribution in [1.29, 1.82) is 0 Å². The lowest BCUT2D eigenvalue weighted by molar-refractivity contribution is 1.18. The molecular formula is C52H33N3. The number of hydrogen-bond donors (Lipinski definition) is 0. The summed E-state index contributed by atoms with van der Waals surface area (Å²) >= 11 is 0. The minimum atomic E-state index is 0.710. The predicted octanol–water partition coefficient (Wildman–Crippen LogP) is 13.7. The van der Waals surface area contributed by atoms with E-state index in [1.165, 1.54) is 65.3 Å². The standard InChI is InChI=1S/C52H33N3/c1-4-15-34(16-5-1)47-33-48(54-52(53-47)35-17-6-2-7-18-35)45-25-14-24-44-40-22-11-10-21-39(40)41-29-27-36(31-46(41)51(44)45)37-28-30-43-42-23-12-13-26-49(42)55(50(43)32-37)38-19-8-3-9-20-38/h1-33H. The second-order valence-electron chi connectivity index (χ2n) is 14.1. The maximum Gasteiger partial charge on any atom is 0.160 e. The molecular weight excluding hydrogens is 667 g/mol. The maximum atomic E-state index is 5.30. The van der Waals surface area contributed by atoms with E-state index in [2.05, 4.69) is 180 Å². The SMILES string of the molecule is c1ccc(-c2cc(-c3cccc4c5ccccc5c5ccc(-c6ccc7c8ccccc8n(-c8ccccc8)c7c6)cc5c34)nc(-c3ccccc3)n2)cc1. The zero-order chi connectivity index (χ0) is 36.3. The highest BCUT2D eigenvalue weighted by Crippen LogP contribution is 2.43. The molecule has 256 valence electrons. The van der Waals surface area contributed by atoms with Crippen molar-refractivity contribution < 1.29 is 0 Å². The monoisotopic (exact) mass is 699 g/mol. The zero-order valence-electron chi connectivity index (χ0n) is 29.9. The fourth-order valence-electron chi connectivity index (χ4n) is 8.46. The van der Waals surface area contributed by atoms with E-state index in [0.717, 1.165) is 33.8 Å². The summed E-state index contributed by atoms with van der Waals surface area (Å²) in [6, 6.07) is 71.6. The first-order chi connectivity index (χ1) is 27.3. The van der Waals surface area contributed by atoms with Gasteiger partial charge in [-0.3, -0.25) is 0 Å². The lowest BCUT2D eigenvalue weighted by atomic mass is 9.89. The van der Waals surface area contributed by atoms with Gasteiger partial charge in [0.25, 0.3) is 0 Å². The van der Waals surface area contributed by atoms with E-state index in [1.54, 1.807) is 0 Å². The van der Waals surface area contributed by atoms with E-state index < -0.39 is 0 Å². The van der Waals surface area contributed by atoms with Crippen molar-refractivity contribution in [2.45, 2.75) is 0 Å². The summed E-state index contributed by atoms with van der Waals surface area (Å²) in [6.07, 6.45) is 0. The molecule has 3 heteroatoms. The quantitative estimate of drug-likeness (QED) is 0.167. The topological polar surface area (TPSA) is 30.7 Å². The van der Waals surface area contributed by atoms with Crippen LogP contribution >= 0.6 is 0 Å². The van der Waals surface area contributed by atoms with Crippen molar-refractivity contribution in [2.24, 2.45) is 0 Å². The summed E-state index contributed by atoms with van der Waals surface area (Å²) in [6.45, 7) is 0. The number of nitrogens with zero attached hydrogens (tertiary/aromatic N) is 3. The summed E-state index contributed by atoms with van der Waals surface area (Å²) in [7, 11) is 0. The first-order valence-corrected chi connectivity index (χ1v) is 18.7. The number of hydrogen-bond acceptors (Lipinski definition) is 2. The lowest BCUT2D eigenvalue weighted by Crippen LogP contribution is -1.97. The molecule has 0 aliphatic rings. The van der Waals surface area contributed by atoms with Gasteiger partial charge in [0.1, 0.15) is 0 Å². The molecule has 2 aromatic heterocycles. The maximum absolute atomic E-state index is 5.30. The molecule has 0 saturated carbocycles. The van der Waals surface area contributed by atoms with Crippen LogP contribution in [0.1, 0.15) is 0 Å². The zero-order valence-corrected chi connectivity index (χ0v) is 29.9. The van der Waals surface area contributed by atoms with E-state index in [1.807, 2.05) is 24.3 Å². The van der Waals surface area contributed by atoms with Crippen molar-refractivity contribution in [3.8, 4) is 50.7 Å². The molecule has 0 fully saturated rings. The second-order valence-corrected chi connectivity index (χ2v) is 14.1. The average Bonchev–Trinajstić information content (AvgIpc) is 3.60. The highest BCUT2D eigenvalue weighted by Gasteiger charge is 2.18. The Bertz CT molecular complexity index is 3180. The molecule has 3 nitrogen and oxygen atoms in total. The highest BCUT2D eigenvalue weighted by molar-refractivity contribution is 6.28. The lowest BCUT2D eigenvalue weighted by Gasteiger charge is -2.16. The molecule has 2 heterocycles. The summed E-state index contributed by atoms with van der Waals surface area (Å²) in [5.74, 6) is 0.710.